The summed E-state index contributed by atoms with van der Waals surface area (Å²) in [6, 6.07) is 0. The lowest BCUT2D eigenvalue weighted by Gasteiger charge is -2.26. The maximum atomic E-state index is 5.69. The number of hydrogen-bond donors (Lipinski definition) is 0. The summed E-state index contributed by atoms with van der Waals surface area (Å²) in [5.41, 5.74) is 0. The Morgan fingerprint density at radius 1 is 1.55 bits per heavy atom. The van der Waals surface area contributed by atoms with E-state index in [1.807, 2.05) is 13.0 Å². The molecule has 0 aliphatic carbocycles. The summed E-state index contributed by atoms with van der Waals surface area (Å²) in [4.78, 5) is 0. The second-order valence-corrected chi connectivity index (χ2v) is 3.50. The van der Waals surface area contributed by atoms with Gasteiger partial charge in [-0.2, -0.15) is 0 Å². The van der Waals surface area contributed by atoms with Crippen molar-refractivity contribution in [1.82, 2.24) is 0 Å². The van der Waals surface area contributed by atoms with Crippen molar-refractivity contribution < 1.29 is 9.47 Å². The van der Waals surface area contributed by atoms with Crippen LogP contribution in [-0.4, -0.2) is 18.0 Å². The van der Waals surface area contributed by atoms with Gasteiger partial charge in [0.15, 0.2) is 5.79 Å². The van der Waals surface area contributed by atoms with Crippen LogP contribution in [0, 0.1) is 0 Å². The number of rotatable bonds is 1. The van der Waals surface area contributed by atoms with E-state index in [-0.39, 0.29) is 18.0 Å². The minimum absolute atomic E-state index is 0.127. The molecule has 0 radical (unpaired) electrons. The SMILES string of the molecule is C=C[C@@H]1O[C@@]2(C)CCC[C@H]1O2. The molecular weight excluding hydrogens is 140 g/mol. The first-order valence-corrected chi connectivity index (χ1v) is 4.22. The molecule has 0 spiro atoms. The second-order valence-electron chi connectivity index (χ2n) is 3.50. The Kier molecular flexibility index (Phi) is 1.55. The second kappa shape index (κ2) is 2.32. The Balaban J connectivity index is 2.16. The van der Waals surface area contributed by atoms with Crippen LogP contribution in [0.4, 0.5) is 0 Å². The van der Waals surface area contributed by atoms with Crippen LogP contribution in [0.2, 0.25) is 0 Å². The Morgan fingerprint density at radius 3 is 3.00 bits per heavy atom. The topological polar surface area (TPSA) is 18.5 Å². The zero-order valence-corrected chi connectivity index (χ0v) is 6.88. The molecule has 0 unspecified atom stereocenters. The van der Waals surface area contributed by atoms with Crippen LogP contribution in [0.25, 0.3) is 0 Å². The Morgan fingerprint density at radius 2 is 2.36 bits per heavy atom. The van der Waals surface area contributed by atoms with Crippen LogP contribution in [-0.2, 0) is 9.47 Å². The van der Waals surface area contributed by atoms with Crippen LogP contribution >= 0.6 is 0 Å². The van der Waals surface area contributed by atoms with Gasteiger partial charge in [-0.3, -0.25) is 0 Å². The molecule has 0 aromatic heterocycles. The Labute approximate surface area is 67.2 Å². The number of fused-ring (bicyclic) bond motifs is 2. The lowest BCUT2D eigenvalue weighted by atomic mass is 10.0. The quantitative estimate of drug-likeness (QED) is 0.537. The van der Waals surface area contributed by atoms with Gasteiger partial charge in [0.05, 0.1) is 6.10 Å². The summed E-state index contributed by atoms with van der Waals surface area (Å²) in [6.45, 7) is 5.75. The van der Waals surface area contributed by atoms with Gasteiger partial charge in [-0.1, -0.05) is 6.08 Å². The fourth-order valence-electron chi connectivity index (χ4n) is 1.94. The molecule has 2 aliphatic rings. The van der Waals surface area contributed by atoms with Gasteiger partial charge in [-0.15, -0.1) is 6.58 Å². The molecule has 0 aromatic carbocycles. The molecule has 0 N–H and O–H groups in total. The van der Waals surface area contributed by atoms with Gasteiger partial charge in [-0.05, 0) is 19.8 Å². The van der Waals surface area contributed by atoms with Crippen LogP contribution in [0.15, 0.2) is 12.7 Å². The Hall–Kier alpha value is -0.340. The smallest absolute Gasteiger partial charge is 0.166 e. The highest BCUT2D eigenvalue weighted by atomic mass is 16.8. The van der Waals surface area contributed by atoms with E-state index in [2.05, 4.69) is 6.58 Å². The van der Waals surface area contributed by atoms with Crippen LogP contribution in [0.5, 0.6) is 0 Å². The van der Waals surface area contributed by atoms with E-state index in [9.17, 15) is 0 Å². The van der Waals surface area contributed by atoms with Gasteiger partial charge in [0.25, 0.3) is 0 Å². The monoisotopic (exact) mass is 154 g/mol. The molecule has 2 heterocycles. The lowest BCUT2D eigenvalue weighted by Crippen LogP contribution is -2.30. The largest absolute Gasteiger partial charge is 0.344 e. The summed E-state index contributed by atoms with van der Waals surface area (Å²) in [5.74, 6) is -0.304. The van der Waals surface area contributed by atoms with Gasteiger partial charge in [-0.25, -0.2) is 0 Å². The number of ether oxygens (including phenoxy) is 2. The standard InChI is InChI=1S/C9H14O2/c1-3-7-8-5-4-6-9(2,10-7)11-8/h3,7-8H,1,4-6H2,2H3/t7-,8+,9+/m0/s1. The predicted octanol–water partition coefficient (Wildman–Crippen LogP) is 1.86. The fourth-order valence-corrected chi connectivity index (χ4v) is 1.94. The third kappa shape index (κ3) is 1.10. The van der Waals surface area contributed by atoms with E-state index in [1.165, 1.54) is 6.42 Å². The van der Waals surface area contributed by atoms with Gasteiger partial charge in [0.1, 0.15) is 6.10 Å². The molecule has 2 heteroatoms. The summed E-state index contributed by atoms with van der Waals surface area (Å²) in [7, 11) is 0. The highest BCUT2D eigenvalue weighted by Crippen LogP contribution is 2.39. The summed E-state index contributed by atoms with van der Waals surface area (Å²) < 4.78 is 11.4. The zero-order valence-electron chi connectivity index (χ0n) is 6.88. The first-order valence-electron chi connectivity index (χ1n) is 4.22. The van der Waals surface area contributed by atoms with E-state index >= 15 is 0 Å². The maximum absolute atomic E-state index is 5.69. The van der Waals surface area contributed by atoms with Gasteiger partial charge >= 0.3 is 0 Å². The van der Waals surface area contributed by atoms with Gasteiger partial charge < -0.3 is 9.47 Å². The van der Waals surface area contributed by atoms with Crippen molar-refractivity contribution in [2.75, 3.05) is 0 Å². The normalized spacial score (nSPS) is 49.2. The van der Waals surface area contributed by atoms with E-state index in [0.29, 0.717) is 0 Å². The van der Waals surface area contributed by atoms with Crippen molar-refractivity contribution in [2.24, 2.45) is 0 Å². The average molecular weight is 154 g/mol. The minimum atomic E-state index is -0.304. The summed E-state index contributed by atoms with van der Waals surface area (Å²) in [5, 5.41) is 0. The third-order valence-electron chi connectivity index (χ3n) is 2.50. The van der Waals surface area contributed by atoms with Crippen molar-refractivity contribution in [3.8, 4) is 0 Å². The highest BCUT2D eigenvalue weighted by molar-refractivity contribution is 4.96. The van der Waals surface area contributed by atoms with Crippen LogP contribution < -0.4 is 0 Å². The maximum Gasteiger partial charge on any atom is 0.166 e. The molecule has 3 atom stereocenters. The van der Waals surface area contributed by atoms with Crippen LogP contribution in [0.1, 0.15) is 26.2 Å². The van der Waals surface area contributed by atoms with E-state index in [1.54, 1.807) is 0 Å². The molecular formula is C9H14O2. The van der Waals surface area contributed by atoms with E-state index < -0.39 is 0 Å². The molecule has 2 aliphatic heterocycles. The van der Waals surface area contributed by atoms with Crippen molar-refractivity contribution in [2.45, 2.75) is 44.2 Å². The minimum Gasteiger partial charge on any atom is -0.344 e. The first kappa shape index (κ1) is 7.32. The number of hydrogen-bond acceptors (Lipinski definition) is 2. The third-order valence-corrected chi connectivity index (χ3v) is 2.50. The molecule has 0 amide bonds. The average Bonchev–Trinajstić information content (AvgIpc) is 2.21. The van der Waals surface area contributed by atoms with Gasteiger partial charge in [0.2, 0.25) is 0 Å². The molecule has 2 fully saturated rings. The van der Waals surface area contributed by atoms with Gasteiger partial charge in [0, 0.05) is 6.42 Å². The van der Waals surface area contributed by atoms with Crippen LogP contribution in [0.3, 0.4) is 0 Å². The predicted molar refractivity (Wildman–Crippen MR) is 42.2 cm³/mol. The lowest BCUT2D eigenvalue weighted by molar-refractivity contribution is -0.176. The molecule has 2 bridgehead atoms. The first-order chi connectivity index (χ1) is 5.23. The molecule has 0 saturated carbocycles. The summed E-state index contributed by atoms with van der Waals surface area (Å²) >= 11 is 0. The molecule has 0 aromatic rings. The van der Waals surface area contributed by atoms with Crippen molar-refractivity contribution >= 4 is 0 Å². The molecule has 11 heavy (non-hydrogen) atoms. The van der Waals surface area contributed by atoms with E-state index in [0.717, 1.165) is 12.8 Å². The van der Waals surface area contributed by atoms with Crippen molar-refractivity contribution in [3.05, 3.63) is 12.7 Å². The zero-order chi connectivity index (χ0) is 7.90. The molecule has 2 rings (SSSR count). The van der Waals surface area contributed by atoms with Crippen molar-refractivity contribution in [1.29, 1.82) is 0 Å². The van der Waals surface area contributed by atoms with Crippen molar-refractivity contribution in [3.63, 3.8) is 0 Å². The Bertz CT molecular complexity index is 178. The van der Waals surface area contributed by atoms with E-state index in [4.69, 9.17) is 9.47 Å². The molecule has 2 nitrogen and oxygen atoms in total. The molecule has 2 saturated heterocycles. The highest BCUT2D eigenvalue weighted by Gasteiger charge is 2.45. The fraction of sp³-hybridized carbons (Fsp3) is 0.778. The summed E-state index contributed by atoms with van der Waals surface area (Å²) in [6.07, 6.45) is 5.60. The molecule has 62 valence electrons.